The smallest absolute Gasteiger partial charge is 0.0969 e. The van der Waals surface area contributed by atoms with Crippen molar-refractivity contribution in [2.75, 3.05) is 26.2 Å². The molecule has 2 heterocycles. The van der Waals surface area contributed by atoms with Crippen molar-refractivity contribution in [1.82, 2.24) is 9.88 Å². The van der Waals surface area contributed by atoms with E-state index in [-0.39, 0.29) is 0 Å². The van der Waals surface area contributed by atoms with E-state index in [1.807, 2.05) is 0 Å². The average Bonchev–Trinajstić information content (AvgIpc) is 2.81. The minimum atomic E-state index is 0.551. The van der Waals surface area contributed by atoms with Crippen LogP contribution >= 0.6 is 11.3 Å². The van der Waals surface area contributed by atoms with Crippen molar-refractivity contribution >= 4 is 11.3 Å². The highest BCUT2D eigenvalue weighted by atomic mass is 32.1. The van der Waals surface area contributed by atoms with E-state index >= 15 is 0 Å². The third-order valence-electron chi connectivity index (χ3n) is 3.80. The molecule has 1 atom stereocenters. The van der Waals surface area contributed by atoms with Crippen molar-refractivity contribution in [3.63, 3.8) is 0 Å². The van der Waals surface area contributed by atoms with Crippen molar-refractivity contribution in [3.05, 3.63) is 16.1 Å². The highest BCUT2D eigenvalue weighted by Gasteiger charge is 2.19. The normalized spacial score (nSPS) is 20.2. The maximum atomic E-state index is 5.56. The van der Waals surface area contributed by atoms with Crippen LogP contribution in [0.15, 0.2) is 5.38 Å². The molecular formula is C14H25N3S. The molecule has 4 heteroatoms. The summed E-state index contributed by atoms with van der Waals surface area (Å²) >= 11 is 1.79. The number of piperidine rings is 1. The Hall–Kier alpha value is -0.450. The third-order valence-corrected chi connectivity index (χ3v) is 4.92. The Kier molecular flexibility index (Phi) is 5.15. The van der Waals surface area contributed by atoms with Gasteiger partial charge in [0.15, 0.2) is 0 Å². The van der Waals surface area contributed by atoms with Crippen LogP contribution in [0.1, 0.15) is 43.3 Å². The standard InChI is InChI=1S/C14H25N3S/c1-11-4-7-17(8-5-11)9-12(2)14-16-13(3-6-15)10-18-14/h10-12H,3-9,15H2,1-2H3. The number of thiazole rings is 1. The highest BCUT2D eigenvalue weighted by molar-refractivity contribution is 7.09. The molecule has 1 aromatic heterocycles. The van der Waals surface area contributed by atoms with Crippen molar-refractivity contribution in [1.29, 1.82) is 0 Å². The quantitative estimate of drug-likeness (QED) is 0.891. The molecule has 102 valence electrons. The summed E-state index contributed by atoms with van der Waals surface area (Å²) in [4.78, 5) is 7.28. The summed E-state index contributed by atoms with van der Waals surface area (Å²) in [5.74, 6) is 1.46. The summed E-state index contributed by atoms with van der Waals surface area (Å²) in [5, 5.41) is 3.44. The van der Waals surface area contributed by atoms with E-state index in [1.54, 1.807) is 11.3 Å². The molecular weight excluding hydrogens is 242 g/mol. The molecule has 1 aromatic rings. The number of hydrogen-bond donors (Lipinski definition) is 1. The zero-order chi connectivity index (χ0) is 13.0. The minimum Gasteiger partial charge on any atom is -0.330 e. The van der Waals surface area contributed by atoms with Gasteiger partial charge in [-0.2, -0.15) is 0 Å². The first-order valence-corrected chi connectivity index (χ1v) is 7.93. The van der Waals surface area contributed by atoms with Crippen LogP contribution in [0.25, 0.3) is 0 Å². The van der Waals surface area contributed by atoms with Crippen LogP contribution in [-0.4, -0.2) is 36.1 Å². The molecule has 2 N–H and O–H groups in total. The molecule has 0 bridgehead atoms. The summed E-state index contributed by atoms with van der Waals surface area (Å²) in [5.41, 5.74) is 6.73. The minimum absolute atomic E-state index is 0.551. The Morgan fingerprint density at radius 3 is 2.89 bits per heavy atom. The van der Waals surface area contributed by atoms with Gasteiger partial charge in [0, 0.05) is 24.3 Å². The van der Waals surface area contributed by atoms with Gasteiger partial charge in [-0.05, 0) is 38.4 Å². The molecule has 1 saturated heterocycles. The van der Waals surface area contributed by atoms with E-state index in [2.05, 4.69) is 24.1 Å². The van der Waals surface area contributed by atoms with Gasteiger partial charge in [0.25, 0.3) is 0 Å². The lowest BCUT2D eigenvalue weighted by molar-refractivity contribution is 0.185. The zero-order valence-electron chi connectivity index (χ0n) is 11.6. The van der Waals surface area contributed by atoms with E-state index in [4.69, 9.17) is 10.7 Å². The topological polar surface area (TPSA) is 42.2 Å². The molecule has 1 aliphatic heterocycles. The Bertz CT molecular complexity index is 356. The van der Waals surface area contributed by atoms with Crippen LogP contribution in [0.5, 0.6) is 0 Å². The second kappa shape index (κ2) is 6.64. The van der Waals surface area contributed by atoms with Crippen molar-refractivity contribution < 1.29 is 0 Å². The van der Waals surface area contributed by atoms with E-state index in [1.165, 1.54) is 30.9 Å². The molecule has 1 unspecified atom stereocenters. The van der Waals surface area contributed by atoms with Gasteiger partial charge in [-0.25, -0.2) is 4.98 Å². The first kappa shape index (κ1) is 14.0. The van der Waals surface area contributed by atoms with E-state index in [9.17, 15) is 0 Å². The van der Waals surface area contributed by atoms with Crippen LogP contribution in [-0.2, 0) is 6.42 Å². The molecule has 0 spiro atoms. The fraction of sp³-hybridized carbons (Fsp3) is 0.786. The SMILES string of the molecule is CC1CCN(CC(C)c2nc(CCN)cs2)CC1. The second-order valence-corrected chi connectivity index (χ2v) is 6.49. The molecule has 0 aromatic carbocycles. The molecule has 2 rings (SSSR count). The first-order chi connectivity index (χ1) is 8.69. The average molecular weight is 267 g/mol. The Morgan fingerprint density at radius 1 is 1.50 bits per heavy atom. The van der Waals surface area contributed by atoms with Crippen molar-refractivity contribution in [3.8, 4) is 0 Å². The maximum absolute atomic E-state index is 5.56. The molecule has 1 fully saturated rings. The second-order valence-electron chi connectivity index (χ2n) is 5.60. The monoisotopic (exact) mass is 267 g/mol. The molecule has 0 amide bonds. The number of nitrogens with two attached hydrogens (primary N) is 1. The molecule has 0 aliphatic carbocycles. The molecule has 0 saturated carbocycles. The fourth-order valence-corrected chi connectivity index (χ4v) is 3.43. The predicted octanol–water partition coefficient (Wildman–Crippen LogP) is 2.48. The molecule has 0 radical (unpaired) electrons. The van der Waals surface area contributed by atoms with Crippen LogP contribution in [0.2, 0.25) is 0 Å². The maximum Gasteiger partial charge on any atom is 0.0969 e. The van der Waals surface area contributed by atoms with Gasteiger partial charge in [-0.3, -0.25) is 0 Å². The molecule has 3 nitrogen and oxygen atoms in total. The van der Waals surface area contributed by atoms with Crippen LogP contribution in [0.3, 0.4) is 0 Å². The fourth-order valence-electron chi connectivity index (χ4n) is 2.52. The van der Waals surface area contributed by atoms with Gasteiger partial charge >= 0.3 is 0 Å². The number of nitrogens with zero attached hydrogens (tertiary/aromatic N) is 2. The Balaban J connectivity index is 1.84. The van der Waals surface area contributed by atoms with Crippen molar-refractivity contribution in [2.45, 2.75) is 39.0 Å². The van der Waals surface area contributed by atoms with E-state index < -0.39 is 0 Å². The van der Waals surface area contributed by atoms with Crippen LogP contribution < -0.4 is 5.73 Å². The van der Waals surface area contributed by atoms with E-state index in [0.29, 0.717) is 12.5 Å². The number of hydrogen-bond acceptors (Lipinski definition) is 4. The van der Waals surface area contributed by atoms with Crippen molar-refractivity contribution in [2.24, 2.45) is 11.7 Å². The summed E-state index contributed by atoms with van der Waals surface area (Å²) in [6, 6.07) is 0. The van der Waals surface area contributed by atoms with Gasteiger partial charge in [-0.1, -0.05) is 13.8 Å². The van der Waals surface area contributed by atoms with Crippen LogP contribution in [0, 0.1) is 5.92 Å². The van der Waals surface area contributed by atoms with Gasteiger partial charge in [0.05, 0.1) is 10.7 Å². The Labute approximate surface area is 114 Å². The summed E-state index contributed by atoms with van der Waals surface area (Å²) in [6.07, 6.45) is 3.61. The number of likely N-dealkylation sites (tertiary alicyclic amines) is 1. The highest BCUT2D eigenvalue weighted by Crippen LogP contribution is 2.24. The summed E-state index contributed by atoms with van der Waals surface area (Å²) in [7, 11) is 0. The lowest BCUT2D eigenvalue weighted by atomic mass is 9.98. The molecule has 1 aliphatic rings. The number of rotatable bonds is 5. The van der Waals surface area contributed by atoms with Gasteiger partial charge < -0.3 is 10.6 Å². The lowest BCUT2D eigenvalue weighted by Crippen LogP contribution is -2.35. The van der Waals surface area contributed by atoms with Gasteiger partial charge in [-0.15, -0.1) is 11.3 Å². The Morgan fingerprint density at radius 2 is 2.22 bits per heavy atom. The summed E-state index contributed by atoms with van der Waals surface area (Å²) in [6.45, 7) is 9.02. The largest absolute Gasteiger partial charge is 0.330 e. The zero-order valence-corrected chi connectivity index (χ0v) is 12.4. The lowest BCUT2D eigenvalue weighted by Gasteiger charge is -2.31. The van der Waals surface area contributed by atoms with Crippen LogP contribution in [0.4, 0.5) is 0 Å². The first-order valence-electron chi connectivity index (χ1n) is 7.05. The summed E-state index contributed by atoms with van der Waals surface area (Å²) < 4.78 is 0. The molecule has 18 heavy (non-hydrogen) atoms. The third kappa shape index (κ3) is 3.77. The number of aromatic nitrogens is 1. The predicted molar refractivity (Wildman–Crippen MR) is 78.1 cm³/mol. The van der Waals surface area contributed by atoms with Gasteiger partial charge in [0.2, 0.25) is 0 Å². The van der Waals surface area contributed by atoms with Gasteiger partial charge in [0.1, 0.15) is 0 Å². The van der Waals surface area contributed by atoms with E-state index in [0.717, 1.165) is 24.6 Å².